The summed E-state index contributed by atoms with van der Waals surface area (Å²) in [5.74, 6) is 0. The third-order valence-electron chi connectivity index (χ3n) is 1.90. The van der Waals surface area contributed by atoms with Crippen LogP contribution in [0.3, 0.4) is 0 Å². The van der Waals surface area contributed by atoms with Gasteiger partial charge in [-0.2, -0.15) is 54.4 Å². The first-order chi connectivity index (χ1) is 9.12. The summed E-state index contributed by atoms with van der Waals surface area (Å²) in [6.07, 6.45) is 0. The molecule has 2 aromatic carbocycles. The van der Waals surface area contributed by atoms with E-state index in [0.29, 0.717) is 0 Å². The normalized spacial score (nSPS) is 7.95. The van der Waals surface area contributed by atoms with Crippen LogP contribution in [-0.4, -0.2) is 42.3 Å². The molecule has 0 radical (unpaired) electrons. The van der Waals surface area contributed by atoms with E-state index in [1.807, 2.05) is 0 Å². The number of fused-ring (bicyclic) bond motifs is 1. The molecule has 0 fully saturated rings. The molecule has 0 aromatic heterocycles. The van der Waals surface area contributed by atoms with Crippen LogP contribution < -0.4 is 0 Å². The van der Waals surface area contributed by atoms with Crippen molar-refractivity contribution in [2.75, 3.05) is 42.3 Å². The fourth-order valence-corrected chi connectivity index (χ4v) is 1.31. The maximum Gasteiger partial charge on any atom is 4.00 e. The van der Waals surface area contributed by atoms with Crippen molar-refractivity contribution in [2.24, 2.45) is 0 Å². The average molecular weight is 353 g/mol. The van der Waals surface area contributed by atoms with Crippen molar-refractivity contribution in [1.29, 1.82) is 0 Å². The van der Waals surface area contributed by atoms with Crippen LogP contribution in [0.5, 0.6) is 0 Å². The molecule has 0 N–H and O–H groups in total. The summed E-state index contributed by atoms with van der Waals surface area (Å²) in [5, 5.41) is 13.2. The van der Waals surface area contributed by atoms with Gasteiger partial charge in [0.05, 0.1) is 0 Å². The van der Waals surface area contributed by atoms with Crippen molar-refractivity contribution in [3.05, 3.63) is 57.9 Å². The predicted molar refractivity (Wildman–Crippen MR) is 89.9 cm³/mol. The van der Waals surface area contributed by atoms with E-state index in [4.69, 9.17) is 0 Å². The summed E-state index contributed by atoms with van der Waals surface area (Å²) < 4.78 is 0. The van der Waals surface area contributed by atoms with Gasteiger partial charge in [0, 0.05) is 0 Å². The van der Waals surface area contributed by atoms with E-state index in [-0.39, 0.29) is 26.2 Å². The second-order valence-electron chi connectivity index (χ2n) is 3.95. The summed E-state index contributed by atoms with van der Waals surface area (Å²) in [5.41, 5.74) is 1.37. The van der Waals surface area contributed by atoms with Crippen LogP contribution in [0.2, 0.25) is 0 Å². The van der Waals surface area contributed by atoms with Gasteiger partial charge in [-0.05, 0) is 0 Å². The molecule has 2 rings (SSSR count). The maximum atomic E-state index is 3.50. The van der Waals surface area contributed by atoms with Gasteiger partial charge in [0.25, 0.3) is 0 Å². The second-order valence-corrected chi connectivity index (χ2v) is 3.95. The van der Waals surface area contributed by atoms with Crippen LogP contribution in [0.15, 0.2) is 36.4 Å². The number of benzene rings is 1. The van der Waals surface area contributed by atoms with Gasteiger partial charge in [-0.25, -0.2) is 0 Å². The van der Waals surface area contributed by atoms with Gasteiger partial charge in [-0.1, -0.05) is 13.0 Å². The van der Waals surface area contributed by atoms with E-state index >= 15 is 0 Å². The van der Waals surface area contributed by atoms with Crippen LogP contribution in [0.1, 0.15) is 5.56 Å². The molecule has 20 heavy (non-hydrogen) atoms. The molecule has 0 atom stereocenters. The van der Waals surface area contributed by atoms with Crippen LogP contribution >= 0.6 is 0 Å². The van der Waals surface area contributed by atoms with Gasteiger partial charge in [-0.3, -0.25) is 0 Å². The Labute approximate surface area is 144 Å². The Morgan fingerprint density at radius 1 is 0.750 bits per heavy atom. The van der Waals surface area contributed by atoms with E-state index in [1.165, 1.54) is 16.3 Å². The molecule has 0 unspecified atom stereocenters. The van der Waals surface area contributed by atoms with E-state index in [1.54, 1.807) is 42.3 Å². The summed E-state index contributed by atoms with van der Waals surface area (Å²) in [6, 6.07) is 12.8. The van der Waals surface area contributed by atoms with Crippen molar-refractivity contribution in [2.45, 2.75) is 6.92 Å². The first kappa shape index (κ1) is 24.6. The van der Waals surface area contributed by atoms with Gasteiger partial charge in [0.15, 0.2) is 0 Å². The van der Waals surface area contributed by atoms with Crippen LogP contribution in [0.25, 0.3) is 26.7 Å². The fraction of sp³-hybridized carbons (Fsp3) is 0.438. The molecule has 0 aliphatic rings. The Hall–Kier alpha value is -0.407. The summed E-state index contributed by atoms with van der Waals surface area (Å²) >= 11 is 0. The topological polar surface area (TPSA) is 42.3 Å². The van der Waals surface area contributed by atoms with Crippen LogP contribution in [-0.2, 0) is 26.2 Å². The number of rotatable bonds is 0. The minimum Gasteiger partial charge on any atom is -0.668 e. The molecular formula is C16H27N3Zr. The maximum absolute atomic E-state index is 3.50. The Balaban J connectivity index is -0.000000247. The monoisotopic (exact) mass is 351 g/mol. The molecule has 0 saturated carbocycles. The Kier molecular flexibility index (Phi) is 22.9. The van der Waals surface area contributed by atoms with E-state index in [9.17, 15) is 0 Å². The predicted octanol–water partition coefficient (Wildman–Crippen LogP) is 4.72. The van der Waals surface area contributed by atoms with E-state index < -0.39 is 0 Å². The van der Waals surface area contributed by atoms with Crippen LogP contribution in [0, 0.1) is 6.92 Å². The van der Waals surface area contributed by atoms with Gasteiger partial charge >= 0.3 is 26.2 Å². The zero-order chi connectivity index (χ0) is 15.1. The molecule has 0 amide bonds. The van der Waals surface area contributed by atoms with Crippen molar-refractivity contribution < 1.29 is 26.2 Å². The van der Waals surface area contributed by atoms with E-state index in [2.05, 4.69) is 59.3 Å². The molecule has 110 valence electrons. The average Bonchev–Trinajstić information content (AvgIpc) is 2.75. The molecule has 4 heteroatoms. The quantitative estimate of drug-likeness (QED) is 0.616. The Morgan fingerprint density at radius 3 is 1.55 bits per heavy atom. The van der Waals surface area contributed by atoms with Gasteiger partial charge in [0.2, 0.25) is 0 Å². The number of nitrogens with zero attached hydrogens (tertiary/aromatic N) is 3. The Morgan fingerprint density at radius 2 is 1.15 bits per heavy atom. The first-order valence-electron chi connectivity index (χ1n) is 6.17. The van der Waals surface area contributed by atoms with Gasteiger partial charge < -0.3 is 16.0 Å². The third kappa shape index (κ3) is 12.6. The molecule has 0 heterocycles. The van der Waals surface area contributed by atoms with Crippen molar-refractivity contribution in [3.8, 4) is 0 Å². The molecule has 0 aliphatic heterocycles. The molecule has 0 bridgehead atoms. The largest absolute Gasteiger partial charge is 4.00 e. The van der Waals surface area contributed by atoms with Crippen LogP contribution in [0.4, 0.5) is 0 Å². The molecule has 0 aliphatic carbocycles. The van der Waals surface area contributed by atoms with Gasteiger partial charge in [0.1, 0.15) is 0 Å². The zero-order valence-corrected chi connectivity index (χ0v) is 16.3. The summed E-state index contributed by atoms with van der Waals surface area (Å²) in [7, 11) is 10.5. The van der Waals surface area contributed by atoms with Crippen molar-refractivity contribution >= 4 is 10.8 Å². The Bertz CT molecular complexity index is 395. The number of hydrogen-bond acceptors (Lipinski definition) is 0. The first-order valence-corrected chi connectivity index (χ1v) is 6.17. The molecule has 0 saturated heterocycles. The second kappa shape index (κ2) is 18.6. The summed E-state index contributed by atoms with van der Waals surface area (Å²) in [6.45, 7) is 2.14. The van der Waals surface area contributed by atoms with Crippen molar-refractivity contribution in [3.63, 3.8) is 0 Å². The number of aryl methyl sites for hydroxylation is 1. The standard InChI is InChI=1S/C10H9.3C2H6N.Zr/c1-8-6-7-9-4-2-3-5-10(8)9;3*1-3-2;/h2-7H,1H3;3*1-2H3;/q4*-1;+4. The molecule has 3 nitrogen and oxygen atoms in total. The molecule has 2 aromatic rings. The third-order valence-corrected chi connectivity index (χ3v) is 1.90. The number of hydrogen-bond donors (Lipinski definition) is 0. The molecular weight excluding hydrogens is 325 g/mol. The minimum atomic E-state index is 0. The zero-order valence-electron chi connectivity index (χ0n) is 13.8. The minimum absolute atomic E-state index is 0. The molecule has 0 spiro atoms. The summed E-state index contributed by atoms with van der Waals surface area (Å²) in [4.78, 5) is 0. The van der Waals surface area contributed by atoms with Gasteiger partial charge in [-0.15, -0.1) is 34.5 Å². The van der Waals surface area contributed by atoms with Crippen molar-refractivity contribution in [1.82, 2.24) is 0 Å². The van der Waals surface area contributed by atoms with E-state index in [0.717, 1.165) is 0 Å². The smallest absolute Gasteiger partial charge is 0.668 e. The fourth-order valence-electron chi connectivity index (χ4n) is 1.31. The SMILES string of the molecule is C[N-]C.C[N-]C.C[N-]C.C[c-]1ccc2ccccc21.[Zr+4].